The van der Waals surface area contributed by atoms with Crippen molar-refractivity contribution >= 4 is 11.9 Å². The summed E-state index contributed by atoms with van der Waals surface area (Å²) >= 11 is 0. The summed E-state index contributed by atoms with van der Waals surface area (Å²) in [5, 5.41) is 2.94. The molecule has 0 radical (unpaired) electrons. The van der Waals surface area contributed by atoms with Crippen LogP contribution >= 0.6 is 0 Å². The molecule has 1 atom stereocenters. The Hall–Kier alpha value is -2.67. The molecular formula is C20H27N5O2. The average Bonchev–Trinajstić information content (AvgIpc) is 2.63. The lowest BCUT2D eigenvalue weighted by Gasteiger charge is -2.32. The average molecular weight is 369 g/mol. The van der Waals surface area contributed by atoms with E-state index in [9.17, 15) is 9.59 Å². The van der Waals surface area contributed by atoms with Crippen LogP contribution in [0.2, 0.25) is 0 Å². The number of likely N-dealkylation sites (N-methyl/N-ethyl adjacent to an activating group) is 1. The lowest BCUT2D eigenvalue weighted by atomic mass is 10.1. The fourth-order valence-corrected chi connectivity index (χ4v) is 3.11. The first kappa shape index (κ1) is 19.1. The molecule has 1 fully saturated rings. The summed E-state index contributed by atoms with van der Waals surface area (Å²) < 4.78 is 0. The zero-order valence-electron chi connectivity index (χ0n) is 16.2. The Balaban J connectivity index is 1.67. The Labute approximate surface area is 159 Å². The Morgan fingerprint density at radius 2 is 1.89 bits per heavy atom. The van der Waals surface area contributed by atoms with Crippen molar-refractivity contribution < 1.29 is 4.79 Å². The van der Waals surface area contributed by atoms with Gasteiger partial charge in [-0.15, -0.1) is 0 Å². The minimum Gasteiger partial charge on any atom is -0.348 e. The third-order valence-corrected chi connectivity index (χ3v) is 4.86. The van der Waals surface area contributed by atoms with Crippen molar-refractivity contribution in [1.29, 1.82) is 0 Å². The smallest absolute Gasteiger partial charge is 0.252 e. The van der Waals surface area contributed by atoms with Gasteiger partial charge in [0.1, 0.15) is 0 Å². The van der Waals surface area contributed by atoms with Crippen molar-refractivity contribution in [2.75, 3.05) is 38.1 Å². The standard InChI is InChI=1S/C20H27N5O2/c1-14-4-6-16(7-5-14)12-18(26)21-15(2)17-13-19(27)23-20(22-17)25-10-8-24(3)9-11-25/h4-7,13,15H,8-12H2,1-3H3,(H,21,26)(H,22,23,27)/t15-/m0/s1. The summed E-state index contributed by atoms with van der Waals surface area (Å²) in [6, 6.07) is 9.01. The minimum atomic E-state index is -0.337. The van der Waals surface area contributed by atoms with Crippen LogP contribution in [0.1, 0.15) is 29.8 Å². The van der Waals surface area contributed by atoms with Crippen molar-refractivity contribution in [2.45, 2.75) is 26.3 Å². The van der Waals surface area contributed by atoms with Gasteiger partial charge in [-0.2, -0.15) is 0 Å². The fraction of sp³-hybridized carbons (Fsp3) is 0.450. The molecule has 1 amide bonds. The van der Waals surface area contributed by atoms with E-state index in [1.165, 1.54) is 6.07 Å². The molecule has 2 aromatic rings. The molecule has 0 bridgehead atoms. The van der Waals surface area contributed by atoms with Gasteiger partial charge in [0.05, 0.1) is 18.2 Å². The van der Waals surface area contributed by atoms with Gasteiger partial charge in [0.25, 0.3) is 5.56 Å². The molecule has 0 saturated carbocycles. The molecule has 1 saturated heterocycles. The van der Waals surface area contributed by atoms with Gasteiger partial charge in [0.15, 0.2) is 0 Å². The number of nitrogens with one attached hydrogen (secondary N) is 2. The van der Waals surface area contributed by atoms with Gasteiger partial charge in [-0.3, -0.25) is 14.6 Å². The molecule has 1 aliphatic rings. The monoisotopic (exact) mass is 369 g/mol. The number of rotatable bonds is 5. The number of aromatic nitrogens is 2. The molecule has 0 spiro atoms. The van der Waals surface area contributed by atoms with E-state index in [4.69, 9.17) is 0 Å². The first-order valence-corrected chi connectivity index (χ1v) is 9.30. The molecule has 2 heterocycles. The third kappa shape index (κ3) is 5.17. The number of nitrogens with zero attached hydrogens (tertiary/aromatic N) is 3. The molecule has 1 aromatic carbocycles. The molecular weight excluding hydrogens is 342 g/mol. The van der Waals surface area contributed by atoms with Gasteiger partial charge < -0.3 is 15.1 Å². The van der Waals surface area contributed by atoms with Crippen LogP contribution in [0.3, 0.4) is 0 Å². The molecule has 0 aliphatic carbocycles. The predicted octanol–water partition coefficient (Wildman–Crippen LogP) is 1.25. The molecule has 1 aliphatic heterocycles. The maximum atomic E-state index is 12.3. The van der Waals surface area contributed by atoms with E-state index < -0.39 is 0 Å². The summed E-state index contributed by atoms with van der Waals surface area (Å²) in [5.41, 5.74) is 2.50. The number of carbonyl (C=O) groups is 1. The third-order valence-electron chi connectivity index (χ3n) is 4.86. The van der Waals surface area contributed by atoms with Crippen LogP contribution in [0.15, 0.2) is 35.1 Å². The van der Waals surface area contributed by atoms with Gasteiger partial charge in [-0.05, 0) is 26.5 Å². The van der Waals surface area contributed by atoms with Crippen LogP contribution in [-0.4, -0.2) is 54.0 Å². The van der Waals surface area contributed by atoms with Gasteiger partial charge >= 0.3 is 0 Å². The number of amides is 1. The first-order valence-electron chi connectivity index (χ1n) is 9.30. The zero-order chi connectivity index (χ0) is 19.4. The summed E-state index contributed by atoms with van der Waals surface area (Å²) in [5.74, 6) is 0.486. The highest BCUT2D eigenvalue weighted by molar-refractivity contribution is 5.78. The second-order valence-corrected chi connectivity index (χ2v) is 7.24. The molecule has 27 heavy (non-hydrogen) atoms. The number of carbonyl (C=O) groups excluding carboxylic acids is 1. The minimum absolute atomic E-state index is 0.0884. The number of hydrogen-bond acceptors (Lipinski definition) is 5. The lowest BCUT2D eigenvalue weighted by molar-refractivity contribution is -0.121. The van der Waals surface area contributed by atoms with E-state index in [0.29, 0.717) is 18.1 Å². The summed E-state index contributed by atoms with van der Waals surface area (Å²) in [6.45, 7) is 7.35. The van der Waals surface area contributed by atoms with E-state index in [2.05, 4.69) is 32.1 Å². The number of piperazine rings is 1. The van der Waals surface area contributed by atoms with E-state index in [1.54, 1.807) is 0 Å². The van der Waals surface area contributed by atoms with E-state index in [1.807, 2.05) is 38.1 Å². The molecule has 7 heteroatoms. The van der Waals surface area contributed by atoms with Crippen molar-refractivity contribution in [3.05, 3.63) is 57.5 Å². The highest BCUT2D eigenvalue weighted by atomic mass is 16.1. The van der Waals surface area contributed by atoms with Crippen molar-refractivity contribution in [1.82, 2.24) is 20.2 Å². The molecule has 7 nitrogen and oxygen atoms in total. The van der Waals surface area contributed by atoms with E-state index in [-0.39, 0.29) is 17.5 Å². The summed E-state index contributed by atoms with van der Waals surface area (Å²) in [6.07, 6.45) is 0.305. The Kier molecular flexibility index (Phi) is 5.91. The van der Waals surface area contributed by atoms with Gasteiger partial charge in [-0.1, -0.05) is 29.8 Å². The number of aryl methyl sites for hydroxylation is 1. The maximum absolute atomic E-state index is 12.3. The van der Waals surface area contributed by atoms with Crippen molar-refractivity contribution in [2.24, 2.45) is 0 Å². The topological polar surface area (TPSA) is 81.3 Å². The predicted molar refractivity (Wildman–Crippen MR) is 106 cm³/mol. The molecule has 0 unspecified atom stereocenters. The SMILES string of the molecule is Cc1ccc(CC(=O)N[C@@H](C)c2cc(=O)[nH]c(N3CCN(C)CC3)n2)cc1. The second kappa shape index (κ2) is 8.35. The highest BCUT2D eigenvalue weighted by Crippen LogP contribution is 2.14. The summed E-state index contributed by atoms with van der Waals surface area (Å²) in [7, 11) is 2.08. The molecule has 3 rings (SSSR count). The quantitative estimate of drug-likeness (QED) is 0.829. The van der Waals surface area contributed by atoms with Crippen LogP contribution in [0, 0.1) is 6.92 Å². The van der Waals surface area contributed by atoms with Crippen molar-refractivity contribution in [3.63, 3.8) is 0 Å². The Morgan fingerprint density at radius 3 is 2.56 bits per heavy atom. The van der Waals surface area contributed by atoms with Crippen LogP contribution < -0.4 is 15.8 Å². The molecule has 144 valence electrons. The lowest BCUT2D eigenvalue weighted by Crippen LogP contribution is -2.45. The van der Waals surface area contributed by atoms with Gasteiger partial charge in [0.2, 0.25) is 11.9 Å². The number of H-pyrrole nitrogens is 1. The Morgan fingerprint density at radius 1 is 1.22 bits per heavy atom. The van der Waals surface area contributed by atoms with E-state index in [0.717, 1.165) is 37.3 Å². The second-order valence-electron chi connectivity index (χ2n) is 7.24. The number of anilines is 1. The largest absolute Gasteiger partial charge is 0.348 e. The Bertz CT molecular complexity index is 838. The van der Waals surface area contributed by atoms with Gasteiger partial charge in [-0.25, -0.2) is 4.98 Å². The zero-order valence-corrected chi connectivity index (χ0v) is 16.2. The van der Waals surface area contributed by atoms with Crippen LogP contribution in [0.25, 0.3) is 0 Å². The number of benzene rings is 1. The summed E-state index contributed by atoms with van der Waals surface area (Å²) in [4.78, 5) is 36.2. The first-order chi connectivity index (χ1) is 12.9. The van der Waals surface area contributed by atoms with Crippen molar-refractivity contribution in [3.8, 4) is 0 Å². The fourth-order valence-electron chi connectivity index (χ4n) is 3.11. The van der Waals surface area contributed by atoms with E-state index >= 15 is 0 Å². The number of hydrogen-bond donors (Lipinski definition) is 2. The van der Waals surface area contributed by atoms with Gasteiger partial charge in [0, 0.05) is 32.2 Å². The maximum Gasteiger partial charge on any atom is 0.252 e. The van der Waals surface area contributed by atoms with Crippen LogP contribution in [0.5, 0.6) is 0 Å². The molecule has 1 aromatic heterocycles. The van der Waals surface area contributed by atoms with Crippen LogP contribution in [0.4, 0.5) is 5.95 Å². The normalized spacial score (nSPS) is 16.2. The van der Waals surface area contributed by atoms with Crippen LogP contribution in [-0.2, 0) is 11.2 Å². The number of aromatic amines is 1. The molecule has 2 N–H and O–H groups in total. The highest BCUT2D eigenvalue weighted by Gasteiger charge is 2.19.